The molecule has 2 saturated carbocycles. The number of carbonyl (C=O) groups is 2. The van der Waals surface area contributed by atoms with E-state index in [1.165, 1.54) is 42.5 Å². The summed E-state index contributed by atoms with van der Waals surface area (Å²) in [5, 5.41) is 20.0. The minimum Gasteiger partial charge on any atom is -0.358 e. The molecule has 71 heavy (non-hydrogen) atoms. The van der Waals surface area contributed by atoms with Crippen molar-refractivity contribution in [1.82, 2.24) is 58.9 Å². The third-order valence-electron chi connectivity index (χ3n) is 14.2. The molecule has 0 atom stereocenters. The zero-order valence-corrected chi connectivity index (χ0v) is 44.7. The number of hydrogen-bond donors (Lipinski definition) is 1. The molecular formula is C54H55BrN13O2W-. The normalized spacial score (nSPS) is 16.2. The number of aryl methyl sites for hydroxylation is 4. The van der Waals surface area contributed by atoms with Gasteiger partial charge in [0.25, 0.3) is 11.8 Å². The number of pyridine rings is 1. The molecule has 362 valence electrons. The van der Waals surface area contributed by atoms with Gasteiger partial charge >= 0.3 is 0 Å². The van der Waals surface area contributed by atoms with E-state index in [9.17, 15) is 9.59 Å². The van der Waals surface area contributed by atoms with Gasteiger partial charge in [0, 0.05) is 107 Å². The van der Waals surface area contributed by atoms with E-state index >= 15 is 0 Å². The number of fused-ring (bicyclic) bond motifs is 4. The van der Waals surface area contributed by atoms with Crippen molar-refractivity contribution in [3.05, 3.63) is 160 Å². The molecule has 0 saturated heterocycles. The molecular weight excluding hydrogens is 1130 g/mol. The Morgan fingerprint density at radius 2 is 1.24 bits per heavy atom. The van der Waals surface area contributed by atoms with Gasteiger partial charge in [-0.3, -0.25) is 9.59 Å². The summed E-state index contributed by atoms with van der Waals surface area (Å²) < 4.78 is 9.29. The molecule has 2 fully saturated rings. The molecule has 4 aliphatic heterocycles. The van der Waals surface area contributed by atoms with Crippen LogP contribution in [0.25, 0.3) is 34.3 Å². The van der Waals surface area contributed by atoms with Gasteiger partial charge in [-0.2, -0.15) is 0 Å². The smallest absolute Gasteiger partial charge is 0.258 e. The van der Waals surface area contributed by atoms with Crippen molar-refractivity contribution in [3.8, 4) is 34.3 Å². The maximum Gasteiger partial charge on any atom is 0.258 e. The van der Waals surface area contributed by atoms with E-state index in [4.69, 9.17) is 0 Å². The second-order valence-corrected chi connectivity index (χ2v) is 19.9. The molecule has 8 aromatic rings. The molecule has 15 nitrogen and oxygen atoms in total. The van der Waals surface area contributed by atoms with Crippen LogP contribution in [0.5, 0.6) is 0 Å². The number of benzene rings is 3. The van der Waals surface area contributed by atoms with Crippen molar-refractivity contribution in [1.29, 1.82) is 0 Å². The largest absolute Gasteiger partial charge is 0.358 e. The molecule has 0 spiro atoms. The third-order valence-corrected chi connectivity index (χ3v) is 14.6. The maximum absolute atomic E-state index is 13.7. The van der Waals surface area contributed by atoms with Crippen LogP contribution in [0, 0.1) is 21.3 Å². The maximum atomic E-state index is 13.7. The van der Waals surface area contributed by atoms with Gasteiger partial charge in [0.15, 0.2) is 11.6 Å². The third kappa shape index (κ3) is 9.60. The number of imidazole rings is 2. The van der Waals surface area contributed by atoms with Crippen LogP contribution in [-0.4, -0.2) is 78.5 Å². The summed E-state index contributed by atoms with van der Waals surface area (Å²) in [6, 6.07) is 22.3. The second kappa shape index (κ2) is 20.0. The van der Waals surface area contributed by atoms with E-state index < -0.39 is 0 Å². The van der Waals surface area contributed by atoms with E-state index in [0.717, 1.165) is 142 Å². The fourth-order valence-electron chi connectivity index (χ4n) is 10.2. The molecule has 0 bridgehead atoms. The van der Waals surface area contributed by atoms with E-state index in [1.807, 2.05) is 64.6 Å². The minimum atomic E-state index is 0. The van der Waals surface area contributed by atoms with E-state index in [-0.39, 0.29) is 40.3 Å². The number of nitrogens with one attached hydrogen (secondary N) is 1. The predicted molar refractivity (Wildman–Crippen MR) is 271 cm³/mol. The summed E-state index contributed by atoms with van der Waals surface area (Å²) in [6.07, 6.45) is 19.0. The Morgan fingerprint density at radius 3 is 1.87 bits per heavy atom. The Balaban J connectivity index is 0.000000134. The van der Waals surface area contributed by atoms with Gasteiger partial charge in [0.1, 0.15) is 21.9 Å². The average molecular weight is 1180 g/mol. The summed E-state index contributed by atoms with van der Waals surface area (Å²) in [4.78, 5) is 41.0. The topological polar surface area (TPSA) is 159 Å². The van der Waals surface area contributed by atoms with Crippen molar-refractivity contribution >= 4 is 33.4 Å². The van der Waals surface area contributed by atoms with Crippen LogP contribution in [-0.2, 0) is 59.8 Å². The van der Waals surface area contributed by atoms with Crippen LogP contribution in [0.15, 0.2) is 96.4 Å². The predicted octanol–water partition coefficient (Wildman–Crippen LogP) is 9.31. The first-order chi connectivity index (χ1) is 33.7. The first kappa shape index (κ1) is 48.3. The number of nitrogens with zero attached hydrogens (tertiary/aromatic N) is 12. The molecule has 14 rings (SSSR count). The molecule has 5 aromatic heterocycles. The van der Waals surface area contributed by atoms with Gasteiger partial charge in [-0.25, -0.2) is 15.0 Å². The standard InChI is InChI=1S/C27H26N6O.C16H17N3O.C10H9BrN4.CH3.W/c1-17-12-19-9-11-32(21-5-2-4-20(13-21)26-30-29-25-6-3-10-33(25)26)27(34)22(19)14-24(17)31-15-23(28-16-31)18-7-8-18;1-10-6-12-4-5-17-16(20)13(12)7-15(10)19-8-14(18-9-19)11-2-3-11;11-8-4-1-3-7(12-8)10-14-13-9-5-2-6-15(9)10;;/h2,4-5,12-16,18H,3,6-11H2,1H3;6-9,11H,2-5H2,1H3,(H,17,20);1,3-4H,2,5-6H2;1H3;/q;;;-1;. The summed E-state index contributed by atoms with van der Waals surface area (Å²) in [6.45, 7) is 7.58. The molecule has 3 aromatic carbocycles. The first-order valence-electron chi connectivity index (χ1n) is 24.3. The monoisotopic (exact) mass is 1180 g/mol. The van der Waals surface area contributed by atoms with Crippen molar-refractivity contribution < 1.29 is 30.7 Å². The van der Waals surface area contributed by atoms with Gasteiger partial charge in [-0.05, 0) is 140 Å². The zero-order valence-electron chi connectivity index (χ0n) is 40.2. The molecule has 2 aliphatic carbocycles. The summed E-state index contributed by atoms with van der Waals surface area (Å²) in [7, 11) is 0. The fraction of sp³-hybridized carbons (Fsp3) is 0.333. The molecule has 0 radical (unpaired) electrons. The molecule has 17 heteroatoms. The van der Waals surface area contributed by atoms with Gasteiger partial charge in [0.2, 0.25) is 0 Å². The van der Waals surface area contributed by atoms with Crippen LogP contribution in [0.4, 0.5) is 5.69 Å². The number of amides is 2. The SMILES string of the molecule is Brc1cccc(-c2nnc3n2CCC3)n1.Cc1cc2c(cc1-n1cnc(C3CC3)c1)C(=O)N(c1cccc(-c3nnc4n3CCC4)c1)CC2.Cc1cc2c(cc1-n1cnc(C3CC3)c1)C(=O)NCC2.[CH3-].[W]. The minimum absolute atomic E-state index is 0. The average Bonchev–Trinajstić information content (AvgIpc) is 3.85. The van der Waals surface area contributed by atoms with Crippen molar-refractivity contribution in [2.75, 3.05) is 18.0 Å². The van der Waals surface area contributed by atoms with Crippen LogP contribution in [0.2, 0.25) is 0 Å². The first-order valence-corrected chi connectivity index (χ1v) is 25.0. The van der Waals surface area contributed by atoms with Crippen LogP contribution < -0.4 is 10.2 Å². The van der Waals surface area contributed by atoms with E-state index in [1.54, 1.807) is 0 Å². The van der Waals surface area contributed by atoms with Crippen molar-refractivity contribution in [3.63, 3.8) is 0 Å². The zero-order chi connectivity index (χ0) is 46.8. The van der Waals surface area contributed by atoms with Crippen molar-refractivity contribution in [2.45, 2.75) is 103 Å². The second-order valence-electron chi connectivity index (χ2n) is 19.1. The Bertz CT molecular complexity index is 3310. The summed E-state index contributed by atoms with van der Waals surface area (Å²) in [5.74, 6) is 5.24. The molecule has 0 unspecified atom stereocenters. The molecule has 6 aliphatic rings. The van der Waals surface area contributed by atoms with Crippen molar-refractivity contribution in [2.24, 2.45) is 0 Å². The van der Waals surface area contributed by atoms with Crippen LogP contribution in [0.3, 0.4) is 0 Å². The number of anilines is 1. The van der Waals surface area contributed by atoms with E-state index in [0.29, 0.717) is 18.4 Å². The van der Waals surface area contributed by atoms with Gasteiger partial charge in [-0.15, -0.1) is 20.4 Å². The number of halogens is 1. The Labute approximate surface area is 436 Å². The Hall–Kier alpha value is -6.38. The fourth-order valence-corrected chi connectivity index (χ4v) is 10.5. The Kier molecular flexibility index (Phi) is 13.6. The van der Waals surface area contributed by atoms with Crippen LogP contribution in [0.1, 0.15) is 116 Å². The van der Waals surface area contributed by atoms with Crippen LogP contribution >= 0.6 is 15.9 Å². The molecule has 2 amide bonds. The number of hydrogen-bond acceptors (Lipinski definition) is 9. The number of rotatable bonds is 7. The van der Waals surface area contributed by atoms with Gasteiger partial charge < -0.3 is 35.9 Å². The summed E-state index contributed by atoms with van der Waals surface area (Å²) in [5.41, 5.74) is 13.4. The van der Waals surface area contributed by atoms with E-state index in [2.05, 4.69) is 121 Å². The number of aromatic nitrogens is 11. The quantitative estimate of drug-likeness (QED) is 0.121. The molecule has 9 heterocycles. The van der Waals surface area contributed by atoms with Gasteiger partial charge in [-0.1, -0.05) is 30.3 Å². The van der Waals surface area contributed by atoms with Gasteiger partial charge in [0.05, 0.1) is 35.4 Å². The molecule has 1 N–H and O–H groups in total. The Morgan fingerprint density at radius 1 is 0.648 bits per heavy atom. The summed E-state index contributed by atoms with van der Waals surface area (Å²) >= 11 is 3.36. The number of carbonyl (C=O) groups excluding carboxylic acids is 2.